The number of rotatable bonds is 5. The normalized spacial score (nSPS) is 21.7. The molecule has 1 amide bonds. The van der Waals surface area contributed by atoms with Crippen LogP contribution in [0.2, 0.25) is 0 Å². The van der Waals surface area contributed by atoms with Gasteiger partial charge in [-0.25, -0.2) is 0 Å². The second kappa shape index (κ2) is 5.13. The van der Waals surface area contributed by atoms with Crippen molar-refractivity contribution in [1.82, 2.24) is 4.90 Å². The van der Waals surface area contributed by atoms with Crippen LogP contribution in [0.1, 0.15) is 39.5 Å². The first kappa shape index (κ1) is 11.2. The van der Waals surface area contributed by atoms with Gasteiger partial charge in [0.1, 0.15) is 0 Å². The second-order valence-corrected chi connectivity index (χ2v) is 4.03. The summed E-state index contributed by atoms with van der Waals surface area (Å²) in [6.07, 6.45) is 3.39. The first-order valence-corrected chi connectivity index (χ1v) is 5.46. The topological polar surface area (TPSA) is 37.4 Å². The van der Waals surface area contributed by atoms with Crippen molar-refractivity contribution in [2.45, 2.75) is 39.5 Å². The molecule has 0 aliphatic carbocycles. The third-order valence-corrected chi connectivity index (χ3v) is 2.75. The fourth-order valence-electron chi connectivity index (χ4n) is 1.93. The Hall–Kier alpha value is -0.860. The van der Waals surface area contributed by atoms with Gasteiger partial charge in [-0.1, -0.05) is 20.3 Å². The number of hydrogen-bond acceptors (Lipinski definition) is 2. The molecule has 0 aromatic carbocycles. The minimum absolute atomic E-state index is 0.158. The van der Waals surface area contributed by atoms with Gasteiger partial charge in [0.2, 0.25) is 5.91 Å². The van der Waals surface area contributed by atoms with Crippen LogP contribution in [0.15, 0.2) is 0 Å². The molecule has 1 aliphatic heterocycles. The van der Waals surface area contributed by atoms with E-state index in [4.69, 9.17) is 0 Å². The van der Waals surface area contributed by atoms with Crippen molar-refractivity contribution in [2.75, 3.05) is 13.1 Å². The highest BCUT2D eigenvalue weighted by Crippen LogP contribution is 2.21. The Kier molecular flexibility index (Phi) is 4.11. The van der Waals surface area contributed by atoms with Crippen molar-refractivity contribution in [1.29, 1.82) is 0 Å². The van der Waals surface area contributed by atoms with Gasteiger partial charge in [0.15, 0.2) is 5.78 Å². The lowest BCUT2D eigenvalue weighted by atomic mass is 10.0. The zero-order valence-corrected chi connectivity index (χ0v) is 9.08. The number of amides is 1. The molecule has 0 saturated carbocycles. The molecule has 1 rings (SSSR count). The Labute approximate surface area is 85.5 Å². The van der Waals surface area contributed by atoms with Crippen molar-refractivity contribution >= 4 is 11.7 Å². The van der Waals surface area contributed by atoms with Crippen molar-refractivity contribution in [3.63, 3.8) is 0 Å². The van der Waals surface area contributed by atoms with Gasteiger partial charge in [-0.2, -0.15) is 0 Å². The molecule has 1 saturated heterocycles. The highest BCUT2D eigenvalue weighted by Gasteiger charge is 2.29. The molecule has 3 nitrogen and oxygen atoms in total. The van der Waals surface area contributed by atoms with Crippen molar-refractivity contribution < 1.29 is 9.59 Å². The quantitative estimate of drug-likeness (QED) is 0.671. The van der Waals surface area contributed by atoms with E-state index < -0.39 is 0 Å². The summed E-state index contributed by atoms with van der Waals surface area (Å²) in [6.45, 7) is 5.09. The lowest BCUT2D eigenvalue weighted by Gasteiger charge is -2.14. The number of Topliss-reactive ketones (excluding diaryl/α,β-unsaturated/α-hetero) is 1. The lowest BCUT2D eigenvalue weighted by molar-refractivity contribution is -0.132. The Bertz CT molecular complexity index is 225. The van der Waals surface area contributed by atoms with E-state index in [1.54, 1.807) is 4.90 Å². The van der Waals surface area contributed by atoms with Crippen LogP contribution in [0.4, 0.5) is 0 Å². The highest BCUT2D eigenvalue weighted by molar-refractivity contribution is 5.87. The molecule has 0 aromatic rings. The predicted molar refractivity (Wildman–Crippen MR) is 54.9 cm³/mol. The van der Waals surface area contributed by atoms with E-state index in [2.05, 4.69) is 6.92 Å². The number of carbonyl (C=O) groups excluding carboxylic acids is 2. The zero-order valence-electron chi connectivity index (χ0n) is 9.08. The third kappa shape index (κ3) is 2.82. The molecule has 0 aromatic heterocycles. The summed E-state index contributed by atoms with van der Waals surface area (Å²) in [5, 5.41) is 0. The van der Waals surface area contributed by atoms with Crippen LogP contribution in [0.25, 0.3) is 0 Å². The molecule has 14 heavy (non-hydrogen) atoms. The van der Waals surface area contributed by atoms with Gasteiger partial charge in [-0.05, 0) is 12.3 Å². The summed E-state index contributed by atoms with van der Waals surface area (Å²) in [7, 11) is 0. The van der Waals surface area contributed by atoms with Crippen molar-refractivity contribution in [3.8, 4) is 0 Å². The summed E-state index contributed by atoms with van der Waals surface area (Å²) in [5.74, 6) is 0.804. The van der Waals surface area contributed by atoms with Gasteiger partial charge in [-0.15, -0.1) is 0 Å². The Morgan fingerprint density at radius 3 is 2.79 bits per heavy atom. The SMILES string of the molecule is CCCC1CC(=O)N(CC(=O)CC)C1. The Morgan fingerprint density at radius 2 is 2.21 bits per heavy atom. The number of carbonyl (C=O) groups is 2. The predicted octanol–water partition coefficient (Wildman–Crippen LogP) is 1.61. The standard InChI is InChI=1S/C11H19NO2/c1-3-5-9-6-11(14)12(7-9)8-10(13)4-2/h9H,3-8H2,1-2H3. The molecular weight excluding hydrogens is 178 g/mol. The number of nitrogens with zero attached hydrogens (tertiary/aromatic N) is 1. The zero-order chi connectivity index (χ0) is 10.6. The molecular formula is C11H19NO2. The van der Waals surface area contributed by atoms with E-state index in [1.807, 2.05) is 6.92 Å². The van der Waals surface area contributed by atoms with Gasteiger partial charge in [0.05, 0.1) is 6.54 Å². The average molecular weight is 197 g/mol. The van der Waals surface area contributed by atoms with E-state index in [-0.39, 0.29) is 11.7 Å². The molecule has 0 N–H and O–H groups in total. The molecule has 0 spiro atoms. The molecule has 0 bridgehead atoms. The minimum atomic E-state index is 0.158. The summed E-state index contributed by atoms with van der Waals surface area (Å²) in [4.78, 5) is 24.4. The van der Waals surface area contributed by atoms with Crippen LogP contribution in [0.5, 0.6) is 0 Å². The Balaban J connectivity index is 2.40. The smallest absolute Gasteiger partial charge is 0.223 e. The van der Waals surface area contributed by atoms with E-state index >= 15 is 0 Å². The monoisotopic (exact) mass is 197 g/mol. The first-order chi connectivity index (χ1) is 6.67. The summed E-state index contributed by atoms with van der Waals surface area (Å²) >= 11 is 0. The molecule has 1 fully saturated rings. The lowest BCUT2D eigenvalue weighted by Crippen LogP contribution is -2.30. The maximum absolute atomic E-state index is 11.5. The summed E-state index contributed by atoms with van der Waals surface area (Å²) in [5.41, 5.74) is 0. The van der Waals surface area contributed by atoms with E-state index in [0.717, 1.165) is 19.4 Å². The summed E-state index contributed by atoms with van der Waals surface area (Å²) < 4.78 is 0. The van der Waals surface area contributed by atoms with Crippen LogP contribution in [-0.4, -0.2) is 29.7 Å². The average Bonchev–Trinajstić information content (AvgIpc) is 2.47. The molecule has 3 heteroatoms. The molecule has 1 aliphatic rings. The fourth-order valence-corrected chi connectivity index (χ4v) is 1.93. The van der Waals surface area contributed by atoms with E-state index in [0.29, 0.717) is 25.3 Å². The maximum atomic E-state index is 11.5. The molecule has 1 atom stereocenters. The molecule has 0 radical (unpaired) electrons. The van der Waals surface area contributed by atoms with E-state index in [9.17, 15) is 9.59 Å². The second-order valence-electron chi connectivity index (χ2n) is 4.03. The summed E-state index contributed by atoms with van der Waals surface area (Å²) in [6, 6.07) is 0. The van der Waals surface area contributed by atoms with Gasteiger partial charge in [0.25, 0.3) is 0 Å². The van der Waals surface area contributed by atoms with Crippen LogP contribution in [0.3, 0.4) is 0 Å². The number of likely N-dealkylation sites (tertiary alicyclic amines) is 1. The largest absolute Gasteiger partial charge is 0.335 e. The van der Waals surface area contributed by atoms with Crippen LogP contribution in [0, 0.1) is 5.92 Å². The van der Waals surface area contributed by atoms with Gasteiger partial charge >= 0.3 is 0 Å². The third-order valence-electron chi connectivity index (χ3n) is 2.75. The Morgan fingerprint density at radius 1 is 1.50 bits per heavy atom. The molecule has 1 unspecified atom stereocenters. The number of hydrogen-bond donors (Lipinski definition) is 0. The van der Waals surface area contributed by atoms with Crippen LogP contribution in [-0.2, 0) is 9.59 Å². The van der Waals surface area contributed by atoms with E-state index in [1.165, 1.54) is 0 Å². The molecule has 80 valence electrons. The van der Waals surface area contributed by atoms with Gasteiger partial charge in [0, 0.05) is 19.4 Å². The van der Waals surface area contributed by atoms with Gasteiger partial charge in [-0.3, -0.25) is 9.59 Å². The number of ketones is 1. The maximum Gasteiger partial charge on any atom is 0.223 e. The minimum Gasteiger partial charge on any atom is -0.335 e. The van der Waals surface area contributed by atoms with Crippen LogP contribution >= 0.6 is 0 Å². The fraction of sp³-hybridized carbons (Fsp3) is 0.818. The van der Waals surface area contributed by atoms with Crippen molar-refractivity contribution in [3.05, 3.63) is 0 Å². The van der Waals surface area contributed by atoms with Crippen LogP contribution < -0.4 is 0 Å². The first-order valence-electron chi connectivity index (χ1n) is 5.46. The van der Waals surface area contributed by atoms with Gasteiger partial charge < -0.3 is 4.90 Å². The molecule has 1 heterocycles. The highest BCUT2D eigenvalue weighted by atomic mass is 16.2. The van der Waals surface area contributed by atoms with Crippen molar-refractivity contribution in [2.24, 2.45) is 5.92 Å².